The standard InChI is InChI=1S/C19H35N5O2.HI/c1-3-20-19(21-9-10-22(4-2)16-7-8-16)24-13-11-23(12-14-24)18(25)17-6-5-15-26-17;/h16-17H,3-15H2,1-2H3,(H,20,21);1H. The number of halogens is 1. The molecule has 2 heterocycles. The van der Waals surface area contributed by atoms with Crippen LogP contribution in [-0.2, 0) is 9.53 Å². The van der Waals surface area contributed by atoms with Crippen LogP contribution in [0.1, 0.15) is 39.5 Å². The second kappa shape index (κ2) is 11.4. The summed E-state index contributed by atoms with van der Waals surface area (Å²) in [6, 6.07) is 0.796. The average molecular weight is 493 g/mol. The smallest absolute Gasteiger partial charge is 0.251 e. The van der Waals surface area contributed by atoms with E-state index in [4.69, 9.17) is 9.73 Å². The lowest BCUT2D eigenvalue weighted by Gasteiger charge is -2.37. The predicted octanol–water partition coefficient (Wildman–Crippen LogP) is 1.38. The summed E-state index contributed by atoms with van der Waals surface area (Å²) in [7, 11) is 0. The van der Waals surface area contributed by atoms with Gasteiger partial charge >= 0.3 is 0 Å². The fraction of sp³-hybridized carbons (Fsp3) is 0.895. The Kier molecular flexibility index (Phi) is 9.58. The molecule has 0 radical (unpaired) electrons. The van der Waals surface area contributed by atoms with Gasteiger partial charge in [0.1, 0.15) is 6.10 Å². The molecule has 1 atom stereocenters. The van der Waals surface area contributed by atoms with Gasteiger partial charge in [-0.2, -0.15) is 0 Å². The largest absolute Gasteiger partial charge is 0.368 e. The number of aliphatic imine (C=N–C) groups is 1. The molecule has 0 spiro atoms. The summed E-state index contributed by atoms with van der Waals surface area (Å²) in [4.78, 5) is 24.1. The van der Waals surface area contributed by atoms with Crippen LogP contribution < -0.4 is 5.32 Å². The van der Waals surface area contributed by atoms with Crippen LogP contribution in [0.4, 0.5) is 0 Å². The molecule has 1 N–H and O–H groups in total. The molecule has 8 heteroatoms. The highest BCUT2D eigenvalue weighted by atomic mass is 127. The Bertz CT molecular complexity index is 486. The first-order valence-corrected chi connectivity index (χ1v) is 10.4. The minimum absolute atomic E-state index is 0. The Morgan fingerprint density at radius 2 is 1.85 bits per heavy atom. The molecule has 0 aromatic heterocycles. The Hall–Kier alpha value is -0.610. The van der Waals surface area contributed by atoms with Crippen LogP contribution in [-0.4, -0.2) is 97.7 Å². The average Bonchev–Trinajstić information content (AvgIpc) is 3.36. The van der Waals surface area contributed by atoms with Crippen molar-refractivity contribution in [3.63, 3.8) is 0 Å². The van der Waals surface area contributed by atoms with Crippen molar-refractivity contribution in [2.75, 3.05) is 59.0 Å². The lowest BCUT2D eigenvalue weighted by Crippen LogP contribution is -2.55. The number of nitrogens with one attached hydrogen (secondary N) is 1. The van der Waals surface area contributed by atoms with Crippen LogP contribution in [0.3, 0.4) is 0 Å². The van der Waals surface area contributed by atoms with Crippen molar-refractivity contribution in [1.82, 2.24) is 20.0 Å². The molecular weight excluding hydrogens is 457 g/mol. The Labute approximate surface area is 180 Å². The topological polar surface area (TPSA) is 60.4 Å². The van der Waals surface area contributed by atoms with E-state index < -0.39 is 0 Å². The molecule has 1 amide bonds. The summed E-state index contributed by atoms with van der Waals surface area (Å²) in [5, 5.41) is 3.42. The number of nitrogens with zero attached hydrogens (tertiary/aromatic N) is 4. The number of rotatable bonds is 7. The fourth-order valence-electron chi connectivity index (χ4n) is 3.86. The summed E-state index contributed by atoms with van der Waals surface area (Å²) in [5.41, 5.74) is 0. The highest BCUT2D eigenvalue weighted by Gasteiger charge is 2.31. The summed E-state index contributed by atoms with van der Waals surface area (Å²) in [6.45, 7) is 12.1. The third kappa shape index (κ3) is 6.45. The fourth-order valence-corrected chi connectivity index (χ4v) is 3.86. The van der Waals surface area contributed by atoms with Gasteiger partial charge in [-0.15, -0.1) is 24.0 Å². The van der Waals surface area contributed by atoms with E-state index >= 15 is 0 Å². The molecular formula is C19H36IN5O2. The molecule has 0 aromatic rings. The number of hydrogen-bond acceptors (Lipinski definition) is 4. The normalized spacial score (nSPS) is 23.5. The van der Waals surface area contributed by atoms with Crippen molar-refractivity contribution in [1.29, 1.82) is 0 Å². The Balaban J connectivity index is 0.00000261. The number of carbonyl (C=O) groups excluding carboxylic acids is 1. The molecule has 27 heavy (non-hydrogen) atoms. The lowest BCUT2D eigenvalue weighted by molar-refractivity contribution is -0.142. The van der Waals surface area contributed by atoms with Crippen molar-refractivity contribution in [2.45, 2.75) is 51.7 Å². The van der Waals surface area contributed by atoms with Gasteiger partial charge in [0.25, 0.3) is 5.91 Å². The van der Waals surface area contributed by atoms with Gasteiger partial charge in [0.2, 0.25) is 0 Å². The van der Waals surface area contributed by atoms with E-state index in [1.165, 1.54) is 12.8 Å². The molecule has 3 fully saturated rings. The summed E-state index contributed by atoms with van der Waals surface area (Å²) >= 11 is 0. The van der Waals surface area contributed by atoms with E-state index in [1.54, 1.807) is 0 Å². The highest BCUT2D eigenvalue weighted by Crippen LogP contribution is 2.26. The Morgan fingerprint density at radius 1 is 1.15 bits per heavy atom. The van der Waals surface area contributed by atoms with Crippen LogP contribution in [0, 0.1) is 0 Å². The van der Waals surface area contributed by atoms with Crippen LogP contribution in [0.15, 0.2) is 4.99 Å². The summed E-state index contributed by atoms with van der Waals surface area (Å²) in [6.07, 6.45) is 4.36. The third-order valence-corrected chi connectivity index (χ3v) is 5.55. The first kappa shape index (κ1) is 22.7. The van der Waals surface area contributed by atoms with E-state index in [0.29, 0.717) is 0 Å². The summed E-state index contributed by atoms with van der Waals surface area (Å²) < 4.78 is 5.55. The van der Waals surface area contributed by atoms with Gasteiger partial charge in [-0.3, -0.25) is 14.7 Å². The number of ether oxygens (including phenoxy) is 1. The van der Waals surface area contributed by atoms with Gasteiger partial charge < -0.3 is 19.9 Å². The first-order valence-electron chi connectivity index (χ1n) is 10.4. The maximum absolute atomic E-state index is 12.5. The number of hydrogen-bond donors (Lipinski definition) is 1. The third-order valence-electron chi connectivity index (χ3n) is 5.55. The summed E-state index contributed by atoms with van der Waals surface area (Å²) in [5.74, 6) is 1.16. The van der Waals surface area contributed by atoms with E-state index in [0.717, 1.165) is 83.8 Å². The van der Waals surface area contributed by atoms with E-state index in [9.17, 15) is 4.79 Å². The molecule has 1 saturated carbocycles. The Morgan fingerprint density at radius 3 is 2.41 bits per heavy atom. The molecule has 0 bridgehead atoms. The van der Waals surface area contributed by atoms with Crippen LogP contribution in [0.25, 0.3) is 0 Å². The van der Waals surface area contributed by atoms with E-state index in [2.05, 4.69) is 29.0 Å². The van der Waals surface area contributed by atoms with Crippen molar-refractivity contribution < 1.29 is 9.53 Å². The zero-order chi connectivity index (χ0) is 18.4. The zero-order valence-electron chi connectivity index (χ0n) is 16.9. The maximum atomic E-state index is 12.5. The lowest BCUT2D eigenvalue weighted by atomic mass is 10.2. The molecule has 0 aromatic carbocycles. The van der Waals surface area contributed by atoms with Crippen molar-refractivity contribution in [3.05, 3.63) is 0 Å². The van der Waals surface area contributed by atoms with Crippen LogP contribution >= 0.6 is 24.0 Å². The second-order valence-electron chi connectivity index (χ2n) is 7.41. The number of guanidine groups is 1. The molecule has 1 unspecified atom stereocenters. The van der Waals surface area contributed by atoms with Gasteiger partial charge in [-0.05, 0) is 39.2 Å². The molecule has 3 rings (SSSR count). The van der Waals surface area contributed by atoms with Gasteiger partial charge in [0.05, 0.1) is 6.54 Å². The van der Waals surface area contributed by atoms with Gasteiger partial charge in [-0.1, -0.05) is 6.92 Å². The molecule has 2 saturated heterocycles. The highest BCUT2D eigenvalue weighted by molar-refractivity contribution is 14.0. The van der Waals surface area contributed by atoms with Crippen molar-refractivity contribution in [3.8, 4) is 0 Å². The van der Waals surface area contributed by atoms with E-state index in [1.807, 2.05) is 4.90 Å². The molecule has 7 nitrogen and oxygen atoms in total. The van der Waals surface area contributed by atoms with E-state index in [-0.39, 0.29) is 36.0 Å². The molecule has 1 aliphatic carbocycles. The number of likely N-dealkylation sites (N-methyl/N-ethyl adjacent to an activating group) is 1. The monoisotopic (exact) mass is 493 g/mol. The van der Waals surface area contributed by atoms with Crippen molar-refractivity contribution in [2.24, 2.45) is 4.99 Å². The quantitative estimate of drug-likeness (QED) is 0.330. The minimum Gasteiger partial charge on any atom is -0.368 e. The maximum Gasteiger partial charge on any atom is 0.251 e. The number of amides is 1. The zero-order valence-corrected chi connectivity index (χ0v) is 19.2. The van der Waals surface area contributed by atoms with Gasteiger partial charge in [-0.25, -0.2) is 0 Å². The molecule has 156 valence electrons. The minimum atomic E-state index is -0.203. The van der Waals surface area contributed by atoms with Crippen molar-refractivity contribution >= 4 is 35.8 Å². The van der Waals surface area contributed by atoms with Crippen LogP contribution in [0.2, 0.25) is 0 Å². The predicted molar refractivity (Wildman–Crippen MR) is 119 cm³/mol. The van der Waals surface area contributed by atoms with Gasteiger partial charge in [0, 0.05) is 51.9 Å². The number of piperazine rings is 1. The second-order valence-corrected chi connectivity index (χ2v) is 7.41. The SMILES string of the molecule is CCNC(=NCCN(CC)C1CC1)N1CCN(C(=O)C2CCCO2)CC1.I. The molecule has 2 aliphatic heterocycles. The van der Waals surface area contributed by atoms with Crippen LogP contribution in [0.5, 0.6) is 0 Å². The number of carbonyl (C=O) groups is 1. The van der Waals surface area contributed by atoms with Gasteiger partial charge in [0.15, 0.2) is 5.96 Å². The molecule has 3 aliphatic rings. The first-order chi connectivity index (χ1) is 12.7.